The van der Waals surface area contributed by atoms with Gasteiger partial charge in [-0.1, -0.05) is 18.2 Å². The van der Waals surface area contributed by atoms with Gasteiger partial charge >= 0.3 is 5.97 Å². The van der Waals surface area contributed by atoms with Crippen LogP contribution in [-0.4, -0.2) is 19.5 Å². The molecule has 0 aliphatic carbocycles. The maximum atomic E-state index is 11.1. The smallest absolute Gasteiger partial charge is 0.365 e. The molecular weight excluding hydrogens is 170 g/mol. The van der Waals surface area contributed by atoms with Crippen molar-refractivity contribution in [3.63, 3.8) is 0 Å². The molecule has 68 valence electrons. The lowest BCUT2D eigenvalue weighted by atomic mass is 10.2. The molecule has 0 aliphatic heterocycles. The first-order chi connectivity index (χ1) is 6.34. The van der Waals surface area contributed by atoms with Gasteiger partial charge in [0.25, 0.3) is 0 Å². The third-order valence-electron chi connectivity index (χ3n) is 1.29. The quantitative estimate of drug-likeness (QED) is 0.305. The highest BCUT2D eigenvalue weighted by Crippen LogP contribution is 2.00. The van der Waals surface area contributed by atoms with E-state index in [4.69, 9.17) is 0 Å². The first-order valence-electron chi connectivity index (χ1n) is 3.65. The molecule has 13 heavy (non-hydrogen) atoms. The standard InChI is InChI=1S/C9H9NO3/c1-12-7-10-13-9(11)8-5-3-2-4-6-8/h2-7H,1H3/b10-7-. The highest BCUT2D eigenvalue weighted by atomic mass is 16.7. The number of hydrogen-bond acceptors (Lipinski definition) is 4. The summed E-state index contributed by atoms with van der Waals surface area (Å²) >= 11 is 0. The number of ether oxygens (including phenoxy) is 1. The van der Waals surface area contributed by atoms with E-state index in [2.05, 4.69) is 14.7 Å². The van der Waals surface area contributed by atoms with Crippen molar-refractivity contribution in [2.45, 2.75) is 0 Å². The molecule has 0 unspecified atom stereocenters. The predicted octanol–water partition coefficient (Wildman–Crippen LogP) is 1.43. The number of methoxy groups -OCH3 is 1. The zero-order valence-corrected chi connectivity index (χ0v) is 7.14. The number of carbonyl (C=O) groups excluding carboxylic acids is 1. The van der Waals surface area contributed by atoms with Gasteiger partial charge in [-0.25, -0.2) is 4.79 Å². The van der Waals surface area contributed by atoms with Crippen molar-refractivity contribution in [2.24, 2.45) is 5.16 Å². The molecule has 0 fully saturated rings. The van der Waals surface area contributed by atoms with Gasteiger partial charge in [-0.2, -0.15) is 0 Å². The maximum Gasteiger partial charge on any atom is 0.365 e. The summed E-state index contributed by atoms with van der Waals surface area (Å²) in [6.07, 6.45) is 1.04. The van der Waals surface area contributed by atoms with Crippen LogP contribution >= 0.6 is 0 Å². The highest BCUT2D eigenvalue weighted by molar-refractivity contribution is 5.89. The second-order valence-corrected chi connectivity index (χ2v) is 2.19. The van der Waals surface area contributed by atoms with Gasteiger partial charge in [-0.15, -0.1) is 0 Å². The summed E-state index contributed by atoms with van der Waals surface area (Å²) in [7, 11) is 1.42. The van der Waals surface area contributed by atoms with E-state index in [0.717, 1.165) is 6.40 Å². The number of rotatable bonds is 3. The summed E-state index contributed by atoms with van der Waals surface area (Å²) in [4.78, 5) is 15.6. The van der Waals surface area contributed by atoms with E-state index >= 15 is 0 Å². The Morgan fingerprint density at radius 1 is 1.38 bits per heavy atom. The van der Waals surface area contributed by atoms with Crippen molar-refractivity contribution in [3.8, 4) is 0 Å². The minimum atomic E-state index is -0.506. The van der Waals surface area contributed by atoms with Crippen LogP contribution < -0.4 is 0 Å². The summed E-state index contributed by atoms with van der Waals surface area (Å²) < 4.78 is 4.46. The van der Waals surface area contributed by atoms with Crippen LogP contribution in [0, 0.1) is 0 Å². The summed E-state index contributed by atoms with van der Waals surface area (Å²) in [6, 6.07) is 8.60. The van der Waals surface area contributed by atoms with Crippen LogP contribution in [0.3, 0.4) is 0 Å². The molecule has 1 aromatic rings. The summed E-state index contributed by atoms with van der Waals surface area (Å²) in [5.41, 5.74) is 0.454. The number of oxime groups is 1. The van der Waals surface area contributed by atoms with Gasteiger partial charge in [-0.05, 0) is 17.3 Å². The molecule has 0 heterocycles. The summed E-state index contributed by atoms with van der Waals surface area (Å²) in [5, 5.41) is 3.27. The average Bonchev–Trinajstić information content (AvgIpc) is 2.19. The van der Waals surface area contributed by atoms with Crippen molar-refractivity contribution < 1.29 is 14.4 Å². The van der Waals surface area contributed by atoms with Gasteiger partial charge in [0.1, 0.15) is 0 Å². The molecule has 0 amide bonds. The second kappa shape index (κ2) is 4.92. The van der Waals surface area contributed by atoms with Gasteiger partial charge in [0.15, 0.2) is 0 Å². The van der Waals surface area contributed by atoms with Gasteiger partial charge in [0, 0.05) is 0 Å². The minimum absolute atomic E-state index is 0.454. The average molecular weight is 179 g/mol. The van der Waals surface area contributed by atoms with Crippen molar-refractivity contribution in [1.82, 2.24) is 0 Å². The summed E-state index contributed by atoms with van der Waals surface area (Å²) in [6.45, 7) is 0. The molecule has 1 rings (SSSR count). The molecule has 0 bridgehead atoms. The van der Waals surface area contributed by atoms with E-state index in [0.29, 0.717) is 5.56 Å². The summed E-state index contributed by atoms with van der Waals surface area (Å²) in [5.74, 6) is -0.506. The number of nitrogens with zero attached hydrogens (tertiary/aromatic N) is 1. The topological polar surface area (TPSA) is 47.9 Å². The van der Waals surface area contributed by atoms with Crippen LogP contribution in [-0.2, 0) is 9.57 Å². The molecule has 4 nitrogen and oxygen atoms in total. The third kappa shape index (κ3) is 2.94. The fourth-order valence-electron chi connectivity index (χ4n) is 0.739. The molecule has 0 saturated carbocycles. The number of benzene rings is 1. The van der Waals surface area contributed by atoms with Gasteiger partial charge in [0.05, 0.1) is 12.7 Å². The Hall–Kier alpha value is -1.84. The van der Waals surface area contributed by atoms with Crippen LogP contribution in [0.4, 0.5) is 0 Å². The minimum Gasteiger partial charge on any atom is -0.484 e. The molecule has 0 aromatic heterocycles. The lowest BCUT2D eigenvalue weighted by Crippen LogP contribution is -2.00. The zero-order chi connectivity index (χ0) is 9.52. The molecule has 0 spiro atoms. The van der Waals surface area contributed by atoms with Crippen molar-refractivity contribution >= 4 is 12.4 Å². The first-order valence-corrected chi connectivity index (χ1v) is 3.65. The Morgan fingerprint density at radius 3 is 2.69 bits per heavy atom. The van der Waals surface area contributed by atoms with E-state index in [1.54, 1.807) is 24.3 Å². The first kappa shape index (κ1) is 9.25. The fourth-order valence-corrected chi connectivity index (χ4v) is 0.739. The Morgan fingerprint density at radius 2 is 2.08 bits per heavy atom. The van der Waals surface area contributed by atoms with Gasteiger partial charge in [0.2, 0.25) is 6.40 Å². The molecule has 1 aromatic carbocycles. The molecule has 0 atom stereocenters. The SMILES string of the molecule is CO/C=N\OC(=O)c1ccccc1. The molecule has 0 aliphatic rings. The normalized spacial score (nSPS) is 9.92. The third-order valence-corrected chi connectivity index (χ3v) is 1.29. The predicted molar refractivity (Wildman–Crippen MR) is 47.4 cm³/mol. The number of carbonyl (C=O) groups is 1. The maximum absolute atomic E-state index is 11.1. The van der Waals surface area contributed by atoms with Gasteiger partial charge in [-0.3, -0.25) is 0 Å². The molecule has 0 saturated heterocycles. The lowest BCUT2D eigenvalue weighted by molar-refractivity contribution is 0.0509. The highest BCUT2D eigenvalue weighted by Gasteiger charge is 2.04. The lowest BCUT2D eigenvalue weighted by Gasteiger charge is -1.95. The Balaban J connectivity index is 2.54. The van der Waals surface area contributed by atoms with E-state index in [1.807, 2.05) is 6.07 Å². The van der Waals surface area contributed by atoms with E-state index in [-0.39, 0.29) is 0 Å². The molecule has 0 N–H and O–H groups in total. The molecule has 4 heteroatoms. The molecular formula is C9H9NO3. The van der Waals surface area contributed by atoms with Gasteiger partial charge < -0.3 is 9.57 Å². The van der Waals surface area contributed by atoms with Crippen molar-refractivity contribution in [3.05, 3.63) is 35.9 Å². The van der Waals surface area contributed by atoms with E-state index in [1.165, 1.54) is 7.11 Å². The zero-order valence-electron chi connectivity index (χ0n) is 7.14. The number of hydrogen-bond donors (Lipinski definition) is 0. The van der Waals surface area contributed by atoms with E-state index in [9.17, 15) is 4.79 Å². The van der Waals surface area contributed by atoms with Crippen LogP contribution in [0.5, 0.6) is 0 Å². The van der Waals surface area contributed by atoms with Crippen LogP contribution in [0.2, 0.25) is 0 Å². The Kier molecular flexibility index (Phi) is 3.50. The fraction of sp³-hybridized carbons (Fsp3) is 0.111. The molecule has 0 radical (unpaired) electrons. The van der Waals surface area contributed by atoms with Crippen LogP contribution in [0.15, 0.2) is 35.5 Å². The van der Waals surface area contributed by atoms with Crippen molar-refractivity contribution in [1.29, 1.82) is 0 Å². The van der Waals surface area contributed by atoms with E-state index < -0.39 is 5.97 Å². The second-order valence-electron chi connectivity index (χ2n) is 2.19. The Bertz CT molecular complexity index is 295. The monoisotopic (exact) mass is 179 g/mol. The van der Waals surface area contributed by atoms with Crippen LogP contribution in [0.1, 0.15) is 10.4 Å². The largest absolute Gasteiger partial charge is 0.484 e. The Labute approximate surface area is 75.8 Å². The van der Waals surface area contributed by atoms with Crippen LogP contribution in [0.25, 0.3) is 0 Å². The van der Waals surface area contributed by atoms with Crippen molar-refractivity contribution in [2.75, 3.05) is 7.11 Å².